The van der Waals surface area contributed by atoms with E-state index < -0.39 is 35.8 Å². The van der Waals surface area contributed by atoms with Gasteiger partial charge in [-0.15, -0.1) is 0 Å². The van der Waals surface area contributed by atoms with Crippen LogP contribution in [-0.4, -0.2) is 40.7 Å². The molecular weight excluding hydrogens is 372 g/mol. The minimum absolute atomic E-state index is 0.305. The minimum atomic E-state index is -0.951. The minimum Gasteiger partial charge on any atom is -0.323 e. The van der Waals surface area contributed by atoms with E-state index in [9.17, 15) is 19.2 Å². The summed E-state index contributed by atoms with van der Waals surface area (Å²) in [4.78, 5) is 49.8. The smallest absolute Gasteiger partial charge is 0.323 e. The number of carbonyl (C=O) groups excluding carboxylic acids is 4. The van der Waals surface area contributed by atoms with Crippen LogP contribution in [0.3, 0.4) is 0 Å². The van der Waals surface area contributed by atoms with Crippen molar-refractivity contribution in [2.45, 2.75) is 45.1 Å². The SMILES string of the molecule is CCCC1(CCC)NC(=O)N(CC(=O)NNC(=O)c2ccc(Cl)cc2)C1=O. The fourth-order valence-electron chi connectivity index (χ4n) is 3.12. The third-order valence-corrected chi connectivity index (χ3v) is 4.58. The molecule has 5 amide bonds. The van der Waals surface area contributed by atoms with Gasteiger partial charge in [-0.25, -0.2) is 4.79 Å². The Labute approximate surface area is 162 Å². The Kier molecular flexibility index (Phi) is 6.79. The molecule has 3 N–H and O–H groups in total. The largest absolute Gasteiger partial charge is 0.325 e. The molecule has 0 aliphatic carbocycles. The van der Waals surface area contributed by atoms with E-state index in [-0.39, 0.29) is 0 Å². The molecule has 0 bridgehead atoms. The van der Waals surface area contributed by atoms with Crippen LogP contribution in [-0.2, 0) is 9.59 Å². The molecular formula is C18H23ClN4O4. The molecule has 0 atom stereocenters. The number of hydrazine groups is 1. The molecule has 0 saturated carbocycles. The third kappa shape index (κ3) is 4.77. The number of hydrogen-bond donors (Lipinski definition) is 3. The number of imide groups is 1. The van der Waals surface area contributed by atoms with Crippen molar-refractivity contribution in [1.29, 1.82) is 0 Å². The van der Waals surface area contributed by atoms with Gasteiger partial charge in [-0.3, -0.25) is 30.1 Å². The number of rotatable bonds is 7. The first kappa shape index (κ1) is 20.7. The first-order valence-corrected chi connectivity index (χ1v) is 9.19. The lowest BCUT2D eigenvalue weighted by Gasteiger charge is -2.25. The predicted octanol–water partition coefficient (Wildman–Crippen LogP) is 1.99. The second-order valence-corrected chi connectivity index (χ2v) is 6.85. The summed E-state index contributed by atoms with van der Waals surface area (Å²) in [6.07, 6.45) is 2.47. The molecule has 1 fully saturated rings. The Balaban J connectivity index is 1.94. The van der Waals surface area contributed by atoms with Crippen LogP contribution in [0.4, 0.5) is 4.79 Å². The number of nitrogens with zero attached hydrogens (tertiary/aromatic N) is 1. The maximum absolute atomic E-state index is 12.7. The summed E-state index contributed by atoms with van der Waals surface area (Å²) in [7, 11) is 0. The van der Waals surface area contributed by atoms with E-state index in [2.05, 4.69) is 16.2 Å². The van der Waals surface area contributed by atoms with Gasteiger partial charge in [0, 0.05) is 10.6 Å². The molecule has 0 radical (unpaired) electrons. The molecule has 0 unspecified atom stereocenters. The maximum atomic E-state index is 12.7. The average Bonchev–Trinajstić information content (AvgIpc) is 2.85. The van der Waals surface area contributed by atoms with Gasteiger partial charge in [0.1, 0.15) is 12.1 Å². The molecule has 27 heavy (non-hydrogen) atoms. The summed E-state index contributed by atoms with van der Waals surface area (Å²) in [5, 5.41) is 3.21. The molecule has 0 aromatic heterocycles. The highest BCUT2D eigenvalue weighted by molar-refractivity contribution is 6.30. The van der Waals surface area contributed by atoms with Gasteiger partial charge >= 0.3 is 6.03 Å². The van der Waals surface area contributed by atoms with Gasteiger partial charge in [0.05, 0.1) is 0 Å². The summed E-state index contributed by atoms with van der Waals surface area (Å²) in [6.45, 7) is 3.39. The van der Waals surface area contributed by atoms with E-state index in [1.165, 1.54) is 12.1 Å². The Morgan fingerprint density at radius 2 is 1.67 bits per heavy atom. The number of urea groups is 1. The van der Waals surface area contributed by atoms with Gasteiger partial charge in [-0.1, -0.05) is 38.3 Å². The van der Waals surface area contributed by atoms with Crippen LogP contribution in [0.5, 0.6) is 0 Å². The van der Waals surface area contributed by atoms with Crippen LogP contribution in [0.2, 0.25) is 5.02 Å². The van der Waals surface area contributed by atoms with Crippen LogP contribution in [0.25, 0.3) is 0 Å². The molecule has 9 heteroatoms. The normalized spacial score (nSPS) is 15.4. The lowest BCUT2D eigenvalue weighted by Crippen LogP contribution is -2.49. The maximum Gasteiger partial charge on any atom is 0.325 e. The summed E-state index contributed by atoms with van der Waals surface area (Å²) in [5.74, 6) is -1.62. The lowest BCUT2D eigenvalue weighted by molar-refractivity contribution is -0.135. The lowest BCUT2D eigenvalue weighted by atomic mass is 9.88. The highest BCUT2D eigenvalue weighted by Gasteiger charge is 2.50. The fraction of sp³-hybridized carbons (Fsp3) is 0.444. The number of carbonyl (C=O) groups is 4. The zero-order valence-corrected chi connectivity index (χ0v) is 16.1. The van der Waals surface area contributed by atoms with Crippen molar-refractivity contribution in [1.82, 2.24) is 21.1 Å². The molecule has 1 heterocycles. The van der Waals surface area contributed by atoms with Crippen molar-refractivity contribution >= 4 is 35.4 Å². The Hall–Kier alpha value is -2.61. The second kappa shape index (κ2) is 8.85. The zero-order valence-electron chi connectivity index (χ0n) is 15.3. The highest BCUT2D eigenvalue weighted by Crippen LogP contribution is 2.27. The van der Waals surface area contributed by atoms with Crippen molar-refractivity contribution < 1.29 is 19.2 Å². The molecule has 1 aliphatic heterocycles. The monoisotopic (exact) mass is 394 g/mol. The predicted molar refractivity (Wildman–Crippen MR) is 99.9 cm³/mol. The molecule has 146 valence electrons. The van der Waals surface area contributed by atoms with Crippen LogP contribution >= 0.6 is 11.6 Å². The molecule has 1 aromatic rings. The van der Waals surface area contributed by atoms with E-state index >= 15 is 0 Å². The van der Waals surface area contributed by atoms with Gasteiger partial charge < -0.3 is 5.32 Å². The molecule has 1 aliphatic rings. The fourth-order valence-corrected chi connectivity index (χ4v) is 3.25. The van der Waals surface area contributed by atoms with Crippen LogP contribution < -0.4 is 16.2 Å². The van der Waals surface area contributed by atoms with Gasteiger partial charge in [-0.2, -0.15) is 0 Å². The zero-order chi connectivity index (χ0) is 20.0. The summed E-state index contributed by atoms with van der Waals surface area (Å²) < 4.78 is 0. The summed E-state index contributed by atoms with van der Waals surface area (Å²) in [5.41, 5.74) is 3.81. The number of halogens is 1. The average molecular weight is 395 g/mol. The van der Waals surface area contributed by atoms with Crippen molar-refractivity contribution in [3.8, 4) is 0 Å². The van der Waals surface area contributed by atoms with Crippen molar-refractivity contribution in [2.24, 2.45) is 0 Å². The van der Waals surface area contributed by atoms with E-state index in [0.29, 0.717) is 23.4 Å². The number of nitrogens with one attached hydrogen (secondary N) is 3. The van der Waals surface area contributed by atoms with E-state index in [1.807, 2.05) is 13.8 Å². The van der Waals surface area contributed by atoms with E-state index in [0.717, 1.165) is 17.7 Å². The molecule has 2 rings (SSSR count). The Morgan fingerprint density at radius 3 is 2.22 bits per heavy atom. The van der Waals surface area contributed by atoms with Gasteiger partial charge in [-0.05, 0) is 37.1 Å². The first-order chi connectivity index (χ1) is 12.8. The summed E-state index contributed by atoms with van der Waals surface area (Å²) >= 11 is 5.76. The van der Waals surface area contributed by atoms with Crippen molar-refractivity contribution in [2.75, 3.05) is 6.54 Å². The number of amides is 5. The summed E-state index contributed by atoms with van der Waals surface area (Å²) in [6, 6.07) is 5.51. The van der Waals surface area contributed by atoms with E-state index in [4.69, 9.17) is 11.6 Å². The Morgan fingerprint density at radius 1 is 1.07 bits per heavy atom. The van der Waals surface area contributed by atoms with Crippen LogP contribution in [0.15, 0.2) is 24.3 Å². The molecule has 1 aromatic carbocycles. The van der Waals surface area contributed by atoms with Gasteiger partial charge in [0.2, 0.25) is 0 Å². The number of hydrogen-bond acceptors (Lipinski definition) is 4. The van der Waals surface area contributed by atoms with Crippen molar-refractivity contribution in [3.63, 3.8) is 0 Å². The van der Waals surface area contributed by atoms with Gasteiger partial charge in [0.25, 0.3) is 17.7 Å². The molecule has 1 saturated heterocycles. The molecule has 8 nitrogen and oxygen atoms in total. The second-order valence-electron chi connectivity index (χ2n) is 6.41. The quantitative estimate of drug-likeness (QED) is 0.485. The first-order valence-electron chi connectivity index (χ1n) is 8.82. The highest BCUT2D eigenvalue weighted by atomic mass is 35.5. The standard InChI is InChI=1S/C18H23ClN4O4/c1-3-9-18(10-4-2)16(26)23(17(27)20-18)11-14(24)21-22-15(25)12-5-7-13(19)8-6-12/h5-8H,3-4,9-11H2,1-2H3,(H,20,27)(H,21,24)(H,22,25). The topological polar surface area (TPSA) is 108 Å². The molecule has 0 spiro atoms. The van der Waals surface area contributed by atoms with Crippen LogP contribution in [0, 0.1) is 0 Å². The van der Waals surface area contributed by atoms with Gasteiger partial charge in [0.15, 0.2) is 0 Å². The van der Waals surface area contributed by atoms with Crippen molar-refractivity contribution in [3.05, 3.63) is 34.9 Å². The van der Waals surface area contributed by atoms with Crippen LogP contribution in [0.1, 0.15) is 49.9 Å². The van der Waals surface area contributed by atoms with E-state index in [1.54, 1.807) is 12.1 Å². The third-order valence-electron chi connectivity index (χ3n) is 4.32. The Bertz CT molecular complexity index is 729. The number of benzene rings is 1.